The van der Waals surface area contributed by atoms with Gasteiger partial charge < -0.3 is 14.4 Å². The standard InChI is InChI=1S/C22H25N3O5/c1-12-10-22(12,19-23-20(28)30-24-19)25-16-5-4-13(8-14(16)9-17(25)18(26)27)15-6-7-29-11-21(15,2)3/h4-5,8-9,12,15H,6-7,10-11H2,1-3H3,(H,26,27)(H,23,24,28)/t12-,15-,22-/m0/s1. The van der Waals surface area contributed by atoms with E-state index in [4.69, 9.17) is 9.26 Å². The molecule has 8 nitrogen and oxygen atoms in total. The summed E-state index contributed by atoms with van der Waals surface area (Å²) in [6.07, 6.45) is 1.61. The minimum atomic E-state index is -1.01. The smallest absolute Gasteiger partial charge is 0.438 e. The third kappa shape index (κ3) is 2.66. The Labute approximate surface area is 172 Å². The summed E-state index contributed by atoms with van der Waals surface area (Å²) in [5, 5.41) is 14.7. The van der Waals surface area contributed by atoms with Crippen molar-refractivity contribution in [2.24, 2.45) is 11.3 Å². The molecule has 0 radical (unpaired) electrons. The van der Waals surface area contributed by atoms with Crippen LogP contribution in [0.4, 0.5) is 0 Å². The van der Waals surface area contributed by atoms with E-state index in [1.54, 1.807) is 6.07 Å². The topological polar surface area (TPSA) is 110 Å². The second-order valence-electron chi connectivity index (χ2n) is 9.34. The Morgan fingerprint density at radius 3 is 2.70 bits per heavy atom. The number of hydrogen-bond donors (Lipinski definition) is 2. The maximum Gasteiger partial charge on any atom is 0.438 e. The van der Waals surface area contributed by atoms with Crippen molar-refractivity contribution < 1.29 is 19.2 Å². The summed E-state index contributed by atoms with van der Waals surface area (Å²) in [5.74, 6) is -0.826. The number of rotatable bonds is 4. The van der Waals surface area contributed by atoms with E-state index in [2.05, 4.69) is 36.1 Å². The SMILES string of the molecule is C[C@H]1C[C@]1(c1noc(=O)[nH]1)n1c(C(=O)O)cc2cc([C@@H]3CCOCC3(C)C)ccc21. The first-order chi connectivity index (χ1) is 14.2. The fourth-order valence-corrected chi connectivity index (χ4v) is 5.26. The summed E-state index contributed by atoms with van der Waals surface area (Å²) in [7, 11) is 0. The Bertz CT molecular complexity index is 1200. The number of ether oxygens (including phenoxy) is 1. The molecule has 158 valence electrons. The van der Waals surface area contributed by atoms with Crippen molar-refractivity contribution in [2.45, 2.75) is 45.1 Å². The lowest BCUT2D eigenvalue weighted by atomic mass is 9.72. The Morgan fingerprint density at radius 2 is 2.10 bits per heavy atom. The molecule has 0 spiro atoms. The average Bonchev–Trinajstić information content (AvgIpc) is 3.03. The maximum absolute atomic E-state index is 12.1. The van der Waals surface area contributed by atoms with Crippen LogP contribution in [-0.2, 0) is 10.3 Å². The van der Waals surface area contributed by atoms with E-state index >= 15 is 0 Å². The molecule has 1 aromatic carbocycles. The van der Waals surface area contributed by atoms with E-state index in [-0.39, 0.29) is 17.0 Å². The highest BCUT2D eigenvalue weighted by Crippen LogP contribution is 2.56. The van der Waals surface area contributed by atoms with Gasteiger partial charge >= 0.3 is 11.7 Å². The number of fused-ring (bicyclic) bond motifs is 1. The number of benzene rings is 1. The van der Waals surface area contributed by atoms with Crippen LogP contribution in [-0.4, -0.2) is 39.0 Å². The number of carbonyl (C=O) groups is 1. The largest absolute Gasteiger partial charge is 0.477 e. The maximum atomic E-state index is 12.1. The van der Waals surface area contributed by atoms with Gasteiger partial charge in [0.1, 0.15) is 11.2 Å². The first kappa shape index (κ1) is 19.1. The molecule has 8 heteroatoms. The van der Waals surface area contributed by atoms with Crippen molar-refractivity contribution in [2.75, 3.05) is 13.2 Å². The van der Waals surface area contributed by atoms with Gasteiger partial charge in [-0.2, -0.15) is 0 Å². The van der Waals surface area contributed by atoms with Gasteiger partial charge in [0, 0.05) is 17.5 Å². The van der Waals surface area contributed by atoms with Crippen LogP contribution in [0.25, 0.3) is 10.9 Å². The van der Waals surface area contributed by atoms with Gasteiger partial charge in [-0.1, -0.05) is 32.0 Å². The lowest BCUT2D eigenvalue weighted by Crippen LogP contribution is -2.33. The van der Waals surface area contributed by atoms with Gasteiger partial charge in [-0.15, -0.1) is 0 Å². The van der Waals surface area contributed by atoms with Crippen LogP contribution < -0.4 is 5.76 Å². The van der Waals surface area contributed by atoms with Crippen molar-refractivity contribution in [3.05, 3.63) is 51.9 Å². The van der Waals surface area contributed by atoms with Crippen LogP contribution in [0.5, 0.6) is 0 Å². The molecule has 1 saturated carbocycles. The molecule has 3 atom stereocenters. The molecule has 5 rings (SSSR count). The fourth-order valence-electron chi connectivity index (χ4n) is 5.26. The Morgan fingerprint density at radius 1 is 1.33 bits per heavy atom. The number of aromatic amines is 1. The quantitative estimate of drug-likeness (QED) is 0.681. The molecule has 2 fully saturated rings. The van der Waals surface area contributed by atoms with Crippen LogP contribution in [0, 0.1) is 11.3 Å². The molecule has 3 heterocycles. The normalized spacial score (nSPS) is 28.0. The molecule has 2 N–H and O–H groups in total. The van der Waals surface area contributed by atoms with Crippen LogP contribution in [0.2, 0.25) is 0 Å². The lowest BCUT2D eigenvalue weighted by Gasteiger charge is -2.38. The molecule has 0 unspecified atom stereocenters. The number of aromatic carboxylic acids is 1. The monoisotopic (exact) mass is 411 g/mol. The molecule has 1 saturated heterocycles. The summed E-state index contributed by atoms with van der Waals surface area (Å²) in [6.45, 7) is 7.86. The van der Waals surface area contributed by atoms with Gasteiger partial charge in [-0.25, -0.2) is 9.59 Å². The van der Waals surface area contributed by atoms with Crippen LogP contribution >= 0.6 is 0 Å². The van der Waals surface area contributed by atoms with E-state index < -0.39 is 17.3 Å². The van der Waals surface area contributed by atoms with E-state index in [0.29, 0.717) is 24.8 Å². The Balaban J connectivity index is 1.69. The zero-order valence-corrected chi connectivity index (χ0v) is 17.3. The summed E-state index contributed by atoms with van der Waals surface area (Å²) in [5.41, 5.74) is 1.48. The van der Waals surface area contributed by atoms with Gasteiger partial charge in [-0.3, -0.25) is 9.51 Å². The van der Waals surface area contributed by atoms with E-state index in [1.807, 2.05) is 17.6 Å². The predicted octanol–water partition coefficient (Wildman–Crippen LogP) is 3.33. The summed E-state index contributed by atoms with van der Waals surface area (Å²) >= 11 is 0. The molecule has 1 aliphatic heterocycles. The molecule has 0 bridgehead atoms. The van der Waals surface area contributed by atoms with E-state index in [0.717, 1.165) is 23.9 Å². The fraction of sp³-hybridized carbons (Fsp3) is 0.500. The second-order valence-corrected chi connectivity index (χ2v) is 9.34. The van der Waals surface area contributed by atoms with Crippen LogP contribution in [0.3, 0.4) is 0 Å². The number of hydrogen-bond acceptors (Lipinski definition) is 5. The Hall–Kier alpha value is -2.87. The van der Waals surface area contributed by atoms with Gasteiger partial charge in [0.2, 0.25) is 0 Å². The minimum Gasteiger partial charge on any atom is -0.477 e. The van der Waals surface area contributed by atoms with Gasteiger partial charge in [-0.05, 0) is 53.9 Å². The van der Waals surface area contributed by atoms with E-state index in [9.17, 15) is 14.7 Å². The highest BCUT2D eigenvalue weighted by atomic mass is 16.5. The van der Waals surface area contributed by atoms with Crippen molar-refractivity contribution >= 4 is 16.9 Å². The third-order valence-electron chi connectivity index (χ3n) is 6.94. The van der Waals surface area contributed by atoms with Crippen molar-refractivity contribution in [1.82, 2.24) is 14.7 Å². The zero-order valence-electron chi connectivity index (χ0n) is 17.3. The van der Waals surface area contributed by atoms with E-state index in [1.165, 1.54) is 5.56 Å². The second kappa shape index (κ2) is 6.31. The molecule has 30 heavy (non-hydrogen) atoms. The summed E-state index contributed by atoms with van der Waals surface area (Å²) < 4.78 is 12.2. The summed E-state index contributed by atoms with van der Waals surface area (Å²) in [4.78, 5) is 26.4. The van der Waals surface area contributed by atoms with Crippen LogP contribution in [0.1, 0.15) is 61.4 Å². The number of nitrogens with one attached hydrogen (secondary N) is 1. The zero-order chi connectivity index (χ0) is 21.3. The number of H-pyrrole nitrogens is 1. The minimum absolute atomic E-state index is 0.0105. The highest BCUT2D eigenvalue weighted by molar-refractivity contribution is 5.95. The molecular formula is C22H25N3O5. The third-order valence-corrected chi connectivity index (χ3v) is 6.94. The van der Waals surface area contributed by atoms with Gasteiger partial charge in [0.25, 0.3) is 0 Å². The van der Waals surface area contributed by atoms with Crippen molar-refractivity contribution in [3.8, 4) is 0 Å². The first-order valence-corrected chi connectivity index (χ1v) is 10.3. The molecule has 2 aromatic heterocycles. The number of carboxylic acid groups (broad SMARTS) is 1. The van der Waals surface area contributed by atoms with Gasteiger partial charge in [0.15, 0.2) is 5.82 Å². The lowest BCUT2D eigenvalue weighted by molar-refractivity contribution is -0.00450. The molecule has 2 aliphatic rings. The average molecular weight is 411 g/mol. The van der Waals surface area contributed by atoms with Gasteiger partial charge in [0.05, 0.1) is 6.61 Å². The predicted molar refractivity (Wildman–Crippen MR) is 109 cm³/mol. The Kier molecular flexibility index (Phi) is 4.02. The van der Waals surface area contributed by atoms with Crippen LogP contribution in [0.15, 0.2) is 33.6 Å². The molecular weight excluding hydrogens is 386 g/mol. The molecule has 0 amide bonds. The molecule has 3 aromatic rings. The first-order valence-electron chi connectivity index (χ1n) is 10.3. The summed E-state index contributed by atoms with van der Waals surface area (Å²) in [6, 6.07) is 7.91. The van der Waals surface area contributed by atoms with Crippen molar-refractivity contribution in [1.29, 1.82) is 0 Å². The number of carboxylic acids is 1. The highest BCUT2D eigenvalue weighted by Gasteiger charge is 2.59. The number of nitrogens with zero attached hydrogens (tertiary/aromatic N) is 2. The molecule has 1 aliphatic carbocycles. The number of aromatic nitrogens is 3. The van der Waals surface area contributed by atoms with Crippen molar-refractivity contribution in [3.63, 3.8) is 0 Å².